The molecule has 0 aromatic heterocycles. The van der Waals surface area contributed by atoms with Gasteiger partial charge in [0, 0.05) is 14.1 Å². The zero-order valence-corrected chi connectivity index (χ0v) is 8.58. The van der Waals surface area contributed by atoms with Gasteiger partial charge >= 0.3 is 0 Å². The van der Waals surface area contributed by atoms with Crippen molar-refractivity contribution >= 4 is 5.96 Å². The van der Waals surface area contributed by atoms with Gasteiger partial charge < -0.3 is 9.80 Å². The van der Waals surface area contributed by atoms with Gasteiger partial charge in [-0.2, -0.15) is 0 Å². The summed E-state index contributed by atoms with van der Waals surface area (Å²) >= 11 is 0. The van der Waals surface area contributed by atoms with Crippen molar-refractivity contribution in [2.24, 2.45) is 0 Å². The number of fused-ring (bicyclic) bond motifs is 1. The van der Waals surface area contributed by atoms with Crippen LogP contribution in [0.5, 0.6) is 0 Å². The second-order valence-electron chi connectivity index (χ2n) is 4.32. The molecule has 3 heteroatoms. The molecule has 2 fully saturated rings. The molecule has 2 rings (SSSR count). The first-order chi connectivity index (χ1) is 6.22. The Morgan fingerprint density at radius 3 is 1.92 bits per heavy atom. The van der Waals surface area contributed by atoms with Crippen LogP contribution in [0.1, 0.15) is 32.1 Å². The number of nitrogens with zero attached hydrogens (tertiary/aromatic N) is 2. The van der Waals surface area contributed by atoms with Gasteiger partial charge in [-0.05, 0) is 12.8 Å². The quantitative estimate of drug-likeness (QED) is 0.614. The largest absolute Gasteiger partial charge is 0.341 e. The average molecular weight is 181 g/mol. The van der Waals surface area contributed by atoms with Crippen LogP contribution in [-0.2, 0) is 0 Å². The third kappa shape index (κ3) is 1.30. The standard InChI is InChI=1S/C10H19N3/c1-12-8-6-4-3-5-7-9(8)13(2)10(12)11/h8-9,11H,3-7H2,1-2H3. The topological polar surface area (TPSA) is 30.3 Å². The molecule has 1 aliphatic heterocycles. The van der Waals surface area contributed by atoms with Crippen LogP contribution in [-0.4, -0.2) is 41.9 Å². The summed E-state index contributed by atoms with van der Waals surface area (Å²) in [6, 6.07) is 1.22. The lowest BCUT2D eigenvalue weighted by Crippen LogP contribution is -2.33. The fourth-order valence-electron chi connectivity index (χ4n) is 2.73. The molecule has 0 bridgehead atoms. The van der Waals surface area contributed by atoms with Crippen molar-refractivity contribution in [3.05, 3.63) is 0 Å². The van der Waals surface area contributed by atoms with Crippen molar-refractivity contribution in [2.45, 2.75) is 44.2 Å². The van der Waals surface area contributed by atoms with E-state index >= 15 is 0 Å². The molecule has 0 amide bonds. The van der Waals surface area contributed by atoms with E-state index in [0.717, 1.165) is 0 Å². The fourth-order valence-corrected chi connectivity index (χ4v) is 2.73. The molecule has 1 saturated heterocycles. The van der Waals surface area contributed by atoms with E-state index in [1.807, 2.05) is 0 Å². The minimum atomic E-state index is 0.611. The van der Waals surface area contributed by atoms with Gasteiger partial charge in [-0.15, -0.1) is 0 Å². The zero-order valence-electron chi connectivity index (χ0n) is 8.58. The minimum Gasteiger partial charge on any atom is -0.341 e. The molecule has 13 heavy (non-hydrogen) atoms. The molecule has 1 heterocycles. The molecule has 2 aliphatic rings. The Bertz CT molecular complexity index is 194. The zero-order chi connectivity index (χ0) is 9.42. The Morgan fingerprint density at radius 1 is 1.00 bits per heavy atom. The number of rotatable bonds is 0. The summed E-state index contributed by atoms with van der Waals surface area (Å²) in [7, 11) is 4.13. The molecular formula is C10H19N3. The molecule has 1 N–H and O–H groups in total. The Labute approximate surface area is 80.2 Å². The maximum atomic E-state index is 7.88. The molecule has 1 aliphatic carbocycles. The van der Waals surface area contributed by atoms with Crippen molar-refractivity contribution < 1.29 is 0 Å². The smallest absolute Gasteiger partial charge is 0.193 e. The number of hydrogen-bond donors (Lipinski definition) is 1. The molecule has 2 atom stereocenters. The first kappa shape index (κ1) is 8.85. The highest BCUT2D eigenvalue weighted by Crippen LogP contribution is 2.30. The van der Waals surface area contributed by atoms with Crippen LogP contribution >= 0.6 is 0 Å². The van der Waals surface area contributed by atoms with Gasteiger partial charge in [0.05, 0.1) is 12.1 Å². The van der Waals surface area contributed by atoms with Crippen molar-refractivity contribution in [2.75, 3.05) is 14.1 Å². The van der Waals surface area contributed by atoms with E-state index in [1.54, 1.807) is 0 Å². The summed E-state index contributed by atoms with van der Waals surface area (Å²) in [5.41, 5.74) is 0. The SMILES string of the molecule is CN1C(=N)N(C)C2CCCCCC21. The van der Waals surface area contributed by atoms with Crippen LogP contribution in [0.2, 0.25) is 0 Å². The summed E-state index contributed by atoms with van der Waals surface area (Å²) in [5, 5.41) is 7.88. The maximum Gasteiger partial charge on any atom is 0.193 e. The summed E-state index contributed by atoms with van der Waals surface area (Å²) in [4.78, 5) is 4.30. The van der Waals surface area contributed by atoms with Crippen LogP contribution in [0.15, 0.2) is 0 Å². The number of likely N-dealkylation sites (N-methyl/N-ethyl adjacent to an activating group) is 2. The molecule has 0 spiro atoms. The molecule has 74 valence electrons. The van der Waals surface area contributed by atoms with Gasteiger partial charge in [0.1, 0.15) is 0 Å². The van der Waals surface area contributed by atoms with Gasteiger partial charge in [0.25, 0.3) is 0 Å². The number of guanidine groups is 1. The Kier molecular flexibility index (Phi) is 2.18. The normalized spacial score (nSPS) is 34.8. The summed E-state index contributed by atoms with van der Waals surface area (Å²) in [5.74, 6) is 0.705. The van der Waals surface area contributed by atoms with Crippen LogP contribution < -0.4 is 0 Å². The third-order valence-corrected chi connectivity index (χ3v) is 3.61. The lowest BCUT2D eigenvalue weighted by molar-refractivity contribution is 0.290. The maximum absolute atomic E-state index is 7.88. The summed E-state index contributed by atoms with van der Waals surface area (Å²) < 4.78 is 0. The van der Waals surface area contributed by atoms with E-state index in [2.05, 4.69) is 23.9 Å². The Hall–Kier alpha value is -0.730. The molecule has 0 aromatic rings. The van der Waals surface area contributed by atoms with Gasteiger partial charge in [0.15, 0.2) is 5.96 Å². The predicted molar refractivity (Wildman–Crippen MR) is 53.9 cm³/mol. The van der Waals surface area contributed by atoms with E-state index in [9.17, 15) is 0 Å². The third-order valence-electron chi connectivity index (χ3n) is 3.61. The number of hydrogen-bond acceptors (Lipinski definition) is 1. The monoisotopic (exact) mass is 181 g/mol. The average Bonchev–Trinajstić information content (AvgIpc) is 2.40. The van der Waals surface area contributed by atoms with E-state index in [-0.39, 0.29) is 0 Å². The van der Waals surface area contributed by atoms with Crippen molar-refractivity contribution in [1.29, 1.82) is 5.41 Å². The fraction of sp³-hybridized carbons (Fsp3) is 0.900. The molecule has 2 unspecified atom stereocenters. The van der Waals surface area contributed by atoms with E-state index in [0.29, 0.717) is 18.0 Å². The van der Waals surface area contributed by atoms with Gasteiger partial charge in [0.2, 0.25) is 0 Å². The summed E-state index contributed by atoms with van der Waals surface area (Å²) in [6.07, 6.45) is 6.60. The Balaban J connectivity index is 2.17. The van der Waals surface area contributed by atoms with E-state index < -0.39 is 0 Å². The van der Waals surface area contributed by atoms with Crippen molar-refractivity contribution in [3.63, 3.8) is 0 Å². The summed E-state index contributed by atoms with van der Waals surface area (Å²) in [6.45, 7) is 0. The van der Waals surface area contributed by atoms with Crippen LogP contribution in [0, 0.1) is 5.41 Å². The van der Waals surface area contributed by atoms with Gasteiger partial charge in [-0.1, -0.05) is 19.3 Å². The Morgan fingerprint density at radius 2 is 1.46 bits per heavy atom. The highest BCUT2D eigenvalue weighted by Gasteiger charge is 2.39. The van der Waals surface area contributed by atoms with Gasteiger partial charge in [-0.3, -0.25) is 5.41 Å². The van der Waals surface area contributed by atoms with Crippen LogP contribution in [0.25, 0.3) is 0 Å². The predicted octanol–water partition coefficient (Wildman–Crippen LogP) is 1.50. The van der Waals surface area contributed by atoms with E-state index in [1.165, 1.54) is 32.1 Å². The first-order valence-electron chi connectivity index (χ1n) is 5.26. The molecular weight excluding hydrogens is 162 g/mol. The lowest BCUT2D eigenvalue weighted by Gasteiger charge is -2.22. The minimum absolute atomic E-state index is 0.611. The van der Waals surface area contributed by atoms with Gasteiger partial charge in [-0.25, -0.2) is 0 Å². The molecule has 0 aromatic carbocycles. The lowest BCUT2D eigenvalue weighted by atomic mass is 10.0. The van der Waals surface area contributed by atoms with Crippen molar-refractivity contribution in [3.8, 4) is 0 Å². The highest BCUT2D eigenvalue weighted by molar-refractivity contribution is 5.79. The molecule has 0 radical (unpaired) electrons. The second-order valence-corrected chi connectivity index (χ2v) is 4.32. The molecule has 1 saturated carbocycles. The second kappa shape index (κ2) is 3.20. The molecule has 3 nitrogen and oxygen atoms in total. The highest BCUT2D eigenvalue weighted by atomic mass is 15.4. The van der Waals surface area contributed by atoms with Crippen LogP contribution in [0.4, 0.5) is 0 Å². The number of nitrogens with one attached hydrogen (secondary N) is 1. The first-order valence-corrected chi connectivity index (χ1v) is 5.26. The van der Waals surface area contributed by atoms with Crippen LogP contribution in [0.3, 0.4) is 0 Å². The van der Waals surface area contributed by atoms with E-state index in [4.69, 9.17) is 5.41 Å². The van der Waals surface area contributed by atoms with Crippen molar-refractivity contribution in [1.82, 2.24) is 9.80 Å².